The number of nitrogens with zero attached hydrogens (tertiary/aromatic N) is 2. The van der Waals surface area contributed by atoms with E-state index in [0.29, 0.717) is 30.2 Å². The molecule has 0 unspecified atom stereocenters. The molecule has 0 aliphatic carbocycles. The molecule has 1 atom stereocenters. The SMILES string of the molecule is COc1cccc([C@@H]2CNC(=O)c3nc(-c4ccc(C(=O)N(C)C)o4)[nH]c3C2)c1. The number of hydrogen-bond donors (Lipinski definition) is 2. The van der Waals surface area contributed by atoms with E-state index in [4.69, 9.17) is 9.15 Å². The predicted octanol–water partition coefficient (Wildman–Crippen LogP) is 2.45. The van der Waals surface area contributed by atoms with Gasteiger partial charge in [0.15, 0.2) is 17.3 Å². The maximum Gasteiger partial charge on any atom is 0.289 e. The molecule has 3 aromatic rings. The van der Waals surface area contributed by atoms with Crippen molar-refractivity contribution in [3.63, 3.8) is 0 Å². The highest BCUT2D eigenvalue weighted by molar-refractivity contribution is 5.95. The molecule has 29 heavy (non-hydrogen) atoms. The van der Waals surface area contributed by atoms with Gasteiger partial charge in [0.2, 0.25) is 0 Å². The van der Waals surface area contributed by atoms with Crippen molar-refractivity contribution in [1.29, 1.82) is 0 Å². The summed E-state index contributed by atoms with van der Waals surface area (Å²) in [7, 11) is 4.94. The average molecular weight is 394 g/mol. The maximum absolute atomic E-state index is 12.5. The first-order valence-electron chi connectivity index (χ1n) is 9.29. The minimum Gasteiger partial charge on any atom is -0.497 e. The van der Waals surface area contributed by atoms with Crippen LogP contribution in [0.4, 0.5) is 0 Å². The first kappa shape index (κ1) is 18.8. The number of fused-ring (bicyclic) bond motifs is 1. The van der Waals surface area contributed by atoms with Crippen LogP contribution in [-0.4, -0.2) is 54.4 Å². The molecule has 0 saturated heterocycles. The van der Waals surface area contributed by atoms with Gasteiger partial charge in [0.25, 0.3) is 11.8 Å². The van der Waals surface area contributed by atoms with E-state index in [-0.39, 0.29) is 23.5 Å². The normalized spacial score (nSPS) is 16.0. The molecule has 0 bridgehead atoms. The number of hydrogen-bond acceptors (Lipinski definition) is 5. The van der Waals surface area contributed by atoms with Gasteiger partial charge in [-0.05, 0) is 36.2 Å². The zero-order valence-corrected chi connectivity index (χ0v) is 16.5. The van der Waals surface area contributed by atoms with Gasteiger partial charge in [-0.3, -0.25) is 9.59 Å². The Balaban J connectivity index is 1.64. The van der Waals surface area contributed by atoms with Crippen LogP contribution >= 0.6 is 0 Å². The second-order valence-corrected chi connectivity index (χ2v) is 7.16. The summed E-state index contributed by atoms with van der Waals surface area (Å²) >= 11 is 0. The smallest absolute Gasteiger partial charge is 0.289 e. The number of methoxy groups -OCH3 is 1. The largest absolute Gasteiger partial charge is 0.497 e. The molecular weight excluding hydrogens is 372 g/mol. The number of rotatable bonds is 4. The zero-order chi connectivity index (χ0) is 20.5. The molecule has 0 fully saturated rings. The van der Waals surface area contributed by atoms with Gasteiger partial charge in [-0.25, -0.2) is 4.98 Å². The van der Waals surface area contributed by atoms with E-state index in [9.17, 15) is 9.59 Å². The third-order valence-electron chi connectivity index (χ3n) is 4.97. The molecule has 2 amide bonds. The fraction of sp³-hybridized carbons (Fsp3) is 0.286. The maximum atomic E-state index is 12.5. The Bertz CT molecular complexity index is 1070. The van der Waals surface area contributed by atoms with E-state index in [2.05, 4.69) is 15.3 Å². The molecule has 2 aromatic heterocycles. The minimum atomic E-state index is -0.236. The van der Waals surface area contributed by atoms with Crippen molar-refractivity contribution in [2.75, 3.05) is 27.7 Å². The third kappa shape index (κ3) is 3.61. The molecule has 4 rings (SSSR count). The van der Waals surface area contributed by atoms with Gasteiger partial charge in [0.05, 0.1) is 7.11 Å². The van der Waals surface area contributed by atoms with Crippen molar-refractivity contribution in [1.82, 2.24) is 20.2 Å². The van der Waals surface area contributed by atoms with Gasteiger partial charge >= 0.3 is 0 Å². The van der Waals surface area contributed by atoms with Gasteiger partial charge in [-0.1, -0.05) is 12.1 Å². The third-order valence-corrected chi connectivity index (χ3v) is 4.97. The van der Waals surface area contributed by atoms with Crippen molar-refractivity contribution >= 4 is 11.8 Å². The average Bonchev–Trinajstić information content (AvgIpc) is 3.34. The summed E-state index contributed by atoms with van der Waals surface area (Å²) in [5, 5.41) is 2.94. The summed E-state index contributed by atoms with van der Waals surface area (Å²) < 4.78 is 11.0. The molecule has 3 heterocycles. The van der Waals surface area contributed by atoms with Crippen LogP contribution in [0.25, 0.3) is 11.6 Å². The molecular formula is C21H22N4O4. The summed E-state index contributed by atoms with van der Waals surface area (Å²) in [6.45, 7) is 0.508. The molecule has 1 aromatic carbocycles. The zero-order valence-electron chi connectivity index (χ0n) is 16.5. The summed E-state index contributed by atoms with van der Waals surface area (Å²) in [6, 6.07) is 11.1. The fourth-order valence-corrected chi connectivity index (χ4v) is 3.41. The van der Waals surface area contributed by atoms with E-state index >= 15 is 0 Å². The van der Waals surface area contributed by atoms with Crippen LogP contribution in [0.5, 0.6) is 5.75 Å². The molecule has 1 aliphatic heterocycles. The first-order chi connectivity index (χ1) is 14.0. The Morgan fingerprint density at radius 2 is 2.10 bits per heavy atom. The second kappa shape index (κ2) is 7.46. The number of benzene rings is 1. The summed E-state index contributed by atoms with van der Waals surface area (Å²) in [5.74, 6) is 1.44. The van der Waals surface area contributed by atoms with Crippen LogP contribution in [0, 0.1) is 0 Å². The Morgan fingerprint density at radius 3 is 2.86 bits per heavy atom. The Labute approximate surface area is 167 Å². The highest BCUT2D eigenvalue weighted by atomic mass is 16.5. The number of nitrogens with one attached hydrogen (secondary N) is 2. The summed E-state index contributed by atoms with van der Waals surface area (Å²) in [6.07, 6.45) is 0.610. The lowest BCUT2D eigenvalue weighted by Gasteiger charge is -2.15. The summed E-state index contributed by atoms with van der Waals surface area (Å²) in [5.41, 5.74) is 2.16. The number of imidazole rings is 1. The second-order valence-electron chi connectivity index (χ2n) is 7.16. The van der Waals surface area contributed by atoms with Crippen LogP contribution in [0.2, 0.25) is 0 Å². The molecule has 8 heteroatoms. The van der Waals surface area contributed by atoms with Crippen LogP contribution < -0.4 is 10.1 Å². The molecule has 150 valence electrons. The predicted molar refractivity (Wildman–Crippen MR) is 106 cm³/mol. The van der Waals surface area contributed by atoms with Gasteiger partial charge in [-0.15, -0.1) is 0 Å². The van der Waals surface area contributed by atoms with Crippen molar-refractivity contribution < 1.29 is 18.7 Å². The lowest BCUT2D eigenvalue weighted by molar-refractivity contribution is 0.0797. The van der Waals surface area contributed by atoms with Crippen molar-refractivity contribution in [2.45, 2.75) is 12.3 Å². The van der Waals surface area contributed by atoms with Crippen LogP contribution in [-0.2, 0) is 6.42 Å². The topological polar surface area (TPSA) is 100 Å². The first-order valence-corrected chi connectivity index (χ1v) is 9.29. The Kier molecular flexibility index (Phi) is 4.84. The van der Waals surface area contributed by atoms with Gasteiger partial charge in [-0.2, -0.15) is 0 Å². The van der Waals surface area contributed by atoms with Crippen molar-refractivity contribution in [3.05, 3.63) is 59.1 Å². The van der Waals surface area contributed by atoms with E-state index in [1.165, 1.54) is 4.90 Å². The number of H-pyrrole nitrogens is 1. The lowest BCUT2D eigenvalue weighted by Crippen LogP contribution is -2.26. The number of aromatic nitrogens is 2. The highest BCUT2D eigenvalue weighted by Gasteiger charge is 2.27. The number of carbonyl (C=O) groups excluding carboxylic acids is 2. The van der Waals surface area contributed by atoms with Crippen LogP contribution in [0.15, 0.2) is 40.8 Å². The van der Waals surface area contributed by atoms with Gasteiger partial charge in [0, 0.05) is 32.3 Å². The molecule has 0 spiro atoms. The number of aromatic amines is 1. The number of furan rings is 1. The number of amides is 2. The molecule has 8 nitrogen and oxygen atoms in total. The van der Waals surface area contributed by atoms with Crippen LogP contribution in [0.3, 0.4) is 0 Å². The highest BCUT2D eigenvalue weighted by Crippen LogP contribution is 2.29. The van der Waals surface area contributed by atoms with E-state index in [0.717, 1.165) is 17.0 Å². The summed E-state index contributed by atoms with van der Waals surface area (Å²) in [4.78, 5) is 33.7. The Hall–Kier alpha value is -3.55. The monoisotopic (exact) mass is 394 g/mol. The van der Waals surface area contributed by atoms with Gasteiger partial charge in [0.1, 0.15) is 11.4 Å². The van der Waals surface area contributed by atoms with E-state index in [1.807, 2.05) is 24.3 Å². The van der Waals surface area contributed by atoms with Crippen molar-refractivity contribution in [2.24, 2.45) is 0 Å². The standard InChI is InChI=1S/C21H22N4O4/c1-25(2)21(27)17-8-7-16(29-17)19-23-15-10-13(11-22-20(26)18(15)24-19)12-5-4-6-14(9-12)28-3/h4-9,13H,10-11H2,1-3H3,(H,22,26)(H,23,24)/t13-/m0/s1. The van der Waals surface area contributed by atoms with Crippen LogP contribution in [0.1, 0.15) is 38.2 Å². The number of ether oxygens (including phenoxy) is 1. The molecule has 1 aliphatic rings. The van der Waals surface area contributed by atoms with E-state index < -0.39 is 0 Å². The quantitative estimate of drug-likeness (QED) is 0.708. The van der Waals surface area contributed by atoms with Crippen molar-refractivity contribution in [3.8, 4) is 17.3 Å². The van der Waals surface area contributed by atoms with E-state index in [1.54, 1.807) is 33.3 Å². The molecule has 0 radical (unpaired) electrons. The fourth-order valence-electron chi connectivity index (χ4n) is 3.41. The lowest BCUT2D eigenvalue weighted by atomic mass is 9.94. The number of carbonyl (C=O) groups is 2. The minimum absolute atomic E-state index is 0.0751. The Morgan fingerprint density at radius 1 is 1.28 bits per heavy atom. The molecule has 2 N–H and O–H groups in total. The molecule has 0 saturated carbocycles. The van der Waals surface area contributed by atoms with Gasteiger partial charge < -0.3 is 24.4 Å².